The molecule has 2 nitrogen and oxygen atoms in total. The Kier molecular flexibility index (Phi) is 4.46. The molecule has 0 aromatic carbocycles. The molecule has 2 aliphatic carbocycles. The highest BCUT2D eigenvalue weighted by atomic mass is 32.1. The van der Waals surface area contributed by atoms with Crippen LogP contribution in [0.4, 0.5) is 0 Å². The molecule has 0 spiro atoms. The number of aryl methyl sites for hydroxylation is 2. The first-order valence-electron chi connectivity index (χ1n) is 8.54. The summed E-state index contributed by atoms with van der Waals surface area (Å²) in [4.78, 5) is 6.67. The number of hydrogen-bond acceptors (Lipinski definition) is 3. The summed E-state index contributed by atoms with van der Waals surface area (Å²) in [5, 5.41) is 5.36. The highest BCUT2D eigenvalue weighted by Crippen LogP contribution is 2.39. The molecular weight excluding hydrogens is 264 g/mol. The van der Waals surface area contributed by atoms with Crippen molar-refractivity contribution in [2.75, 3.05) is 0 Å². The van der Waals surface area contributed by atoms with Crippen molar-refractivity contribution in [1.82, 2.24) is 10.3 Å². The van der Waals surface area contributed by atoms with E-state index in [0.29, 0.717) is 0 Å². The van der Waals surface area contributed by atoms with Gasteiger partial charge in [0.15, 0.2) is 0 Å². The van der Waals surface area contributed by atoms with Crippen LogP contribution in [0.15, 0.2) is 0 Å². The van der Waals surface area contributed by atoms with Crippen molar-refractivity contribution in [1.29, 1.82) is 0 Å². The summed E-state index contributed by atoms with van der Waals surface area (Å²) in [5.74, 6) is 0. The van der Waals surface area contributed by atoms with E-state index in [1.807, 2.05) is 11.3 Å². The minimum atomic E-state index is 0.166. The number of thiazole rings is 1. The molecule has 1 fully saturated rings. The smallest absolute Gasteiger partial charge is 0.113 e. The number of unbranched alkanes of at least 4 members (excludes halogenated alkanes) is 1. The van der Waals surface area contributed by atoms with Gasteiger partial charge in [0.1, 0.15) is 5.01 Å². The normalized spacial score (nSPS) is 21.5. The van der Waals surface area contributed by atoms with Crippen LogP contribution < -0.4 is 5.32 Å². The molecule has 0 radical (unpaired) electrons. The van der Waals surface area contributed by atoms with Gasteiger partial charge in [-0.05, 0) is 51.4 Å². The van der Waals surface area contributed by atoms with Crippen LogP contribution in [0.25, 0.3) is 0 Å². The van der Waals surface area contributed by atoms with Crippen LogP contribution in [0.2, 0.25) is 0 Å². The largest absolute Gasteiger partial charge is 0.303 e. The predicted molar refractivity (Wildman–Crippen MR) is 86.4 cm³/mol. The molecule has 0 amide bonds. The van der Waals surface area contributed by atoms with E-state index in [-0.39, 0.29) is 5.54 Å². The van der Waals surface area contributed by atoms with Gasteiger partial charge in [-0.1, -0.05) is 26.7 Å². The molecule has 3 heteroatoms. The van der Waals surface area contributed by atoms with Crippen LogP contribution in [0.5, 0.6) is 0 Å². The van der Waals surface area contributed by atoms with Crippen LogP contribution in [-0.4, -0.2) is 11.0 Å². The maximum absolute atomic E-state index is 5.08. The molecule has 1 heterocycles. The molecule has 112 valence electrons. The molecule has 1 aromatic rings. The van der Waals surface area contributed by atoms with E-state index >= 15 is 0 Å². The molecule has 1 aromatic heterocycles. The first kappa shape index (κ1) is 14.5. The number of aromatic nitrogens is 1. The van der Waals surface area contributed by atoms with Crippen LogP contribution >= 0.6 is 11.3 Å². The average Bonchev–Trinajstić information content (AvgIpc) is 3.18. The molecule has 0 saturated heterocycles. The average molecular weight is 292 g/mol. The fourth-order valence-electron chi connectivity index (χ4n) is 3.32. The van der Waals surface area contributed by atoms with Crippen molar-refractivity contribution in [2.24, 2.45) is 0 Å². The molecule has 20 heavy (non-hydrogen) atoms. The Hall–Kier alpha value is -0.410. The molecule has 2 aliphatic rings. The molecular formula is C17H28N2S. The maximum atomic E-state index is 5.08. The first-order valence-corrected chi connectivity index (χ1v) is 9.36. The van der Waals surface area contributed by atoms with Gasteiger partial charge in [-0.25, -0.2) is 4.98 Å². The Morgan fingerprint density at radius 3 is 2.70 bits per heavy atom. The number of hydrogen-bond donors (Lipinski definition) is 1. The van der Waals surface area contributed by atoms with Crippen LogP contribution in [0.3, 0.4) is 0 Å². The molecule has 1 saturated carbocycles. The van der Waals surface area contributed by atoms with Crippen LogP contribution in [0.1, 0.15) is 80.8 Å². The minimum absolute atomic E-state index is 0.166. The Balaban J connectivity index is 1.87. The molecule has 1 atom stereocenters. The monoisotopic (exact) mass is 292 g/mol. The number of nitrogens with one attached hydrogen (secondary N) is 1. The molecule has 0 aliphatic heterocycles. The van der Waals surface area contributed by atoms with Crippen LogP contribution in [-0.2, 0) is 18.4 Å². The van der Waals surface area contributed by atoms with E-state index in [2.05, 4.69) is 19.2 Å². The second kappa shape index (κ2) is 6.15. The van der Waals surface area contributed by atoms with Crippen molar-refractivity contribution >= 4 is 11.3 Å². The zero-order chi connectivity index (χ0) is 14.0. The van der Waals surface area contributed by atoms with Crippen LogP contribution in [0, 0.1) is 0 Å². The van der Waals surface area contributed by atoms with Crippen molar-refractivity contribution < 1.29 is 0 Å². The zero-order valence-electron chi connectivity index (χ0n) is 13.0. The maximum Gasteiger partial charge on any atom is 0.113 e. The van der Waals surface area contributed by atoms with E-state index in [1.165, 1.54) is 74.9 Å². The highest BCUT2D eigenvalue weighted by Gasteiger charge is 2.38. The van der Waals surface area contributed by atoms with Gasteiger partial charge in [0.25, 0.3) is 0 Å². The predicted octanol–water partition coefficient (Wildman–Crippen LogP) is 4.57. The summed E-state index contributed by atoms with van der Waals surface area (Å²) < 4.78 is 0. The van der Waals surface area contributed by atoms with E-state index in [1.54, 1.807) is 4.88 Å². The van der Waals surface area contributed by atoms with Gasteiger partial charge in [-0.3, -0.25) is 0 Å². The lowest BCUT2D eigenvalue weighted by molar-refractivity contribution is 0.283. The van der Waals surface area contributed by atoms with E-state index in [9.17, 15) is 0 Å². The Morgan fingerprint density at radius 2 is 2.05 bits per heavy atom. The SMILES string of the molecule is CCCCC(CC)(NC1CC1)c1nc2c(s1)CCCC2. The van der Waals surface area contributed by atoms with Crippen molar-refractivity contribution in [3.05, 3.63) is 15.6 Å². The van der Waals surface area contributed by atoms with Crippen molar-refractivity contribution in [2.45, 2.75) is 89.6 Å². The topological polar surface area (TPSA) is 24.9 Å². The molecule has 1 N–H and O–H groups in total. The van der Waals surface area contributed by atoms with Crippen molar-refractivity contribution in [3.63, 3.8) is 0 Å². The van der Waals surface area contributed by atoms with Gasteiger partial charge in [0.2, 0.25) is 0 Å². The lowest BCUT2D eigenvalue weighted by atomic mass is 9.90. The quantitative estimate of drug-likeness (QED) is 0.796. The summed E-state index contributed by atoms with van der Waals surface area (Å²) in [5.41, 5.74) is 1.59. The summed E-state index contributed by atoms with van der Waals surface area (Å²) in [7, 11) is 0. The summed E-state index contributed by atoms with van der Waals surface area (Å²) in [6.07, 6.45) is 12.9. The van der Waals surface area contributed by atoms with E-state index in [0.717, 1.165) is 6.04 Å². The van der Waals surface area contributed by atoms with Gasteiger partial charge < -0.3 is 5.32 Å². The molecule has 1 unspecified atom stereocenters. The van der Waals surface area contributed by atoms with Gasteiger partial charge in [-0.15, -0.1) is 11.3 Å². The summed E-state index contributed by atoms with van der Waals surface area (Å²) in [6, 6.07) is 0.757. The van der Waals surface area contributed by atoms with Gasteiger partial charge in [0, 0.05) is 10.9 Å². The highest BCUT2D eigenvalue weighted by molar-refractivity contribution is 7.11. The van der Waals surface area contributed by atoms with Gasteiger partial charge in [-0.2, -0.15) is 0 Å². The fraction of sp³-hybridized carbons (Fsp3) is 0.824. The zero-order valence-corrected chi connectivity index (χ0v) is 13.8. The molecule has 3 rings (SSSR count). The number of fused-ring (bicyclic) bond motifs is 1. The Bertz CT molecular complexity index is 426. The number of rotatable bonds is 7. The summed E-state index contributed by atoms with van der Waals surface area (Å²) >= 11 is 2.01. The van der Waals surface area contributed by atoms with Crippen molar-refractivity contribution in [3.8, 4) is 0 Å². The van der Waals surface area contributed by atoms with Gasteiger partial charge in [0.05, 0.1) is 11.2 Å². The second-order valence-corrected chi connectivity index (χ2v) is 7.64. The lowest BCUT2D eigenvalue weighted by Gasteiger charge is -2.32. The Morgan fingerprint density at radius 1 is 1.25 bits per heavy atom. The lowest BCUT2D eigenvalue weighted by Crippen LogP contribution is -2.43. The molecule has 0 bridgehead atoms. The van der Waals surface area contributed by atoms with Gasteiger partial charge >= 0.3 is 0 Å². The first-order chi connectivity index (χ1) is 9.77. The van der Waals surface area contributed by atoms with E-state index < -0.39 is 0 Å². The fourth-order valence-corrected chi connectivity index (χ4v) is 4.73. The Labute approximate surface area is 127 Å². The third kappa shape index (κ3) is 2.94. The standard InChI is InChI=1S/C17H28N2S/c1-3-5-12-17(4-2,19-13-10-11-13)16-18-14-8-6-7-9-15(14)20-16/h13,19H,3-12H2,1-2H3. The summed E-state index contributed by atoms with van der Waals surface area (Å²) in [6.45, 7) is 4.63. The minimum Gasteiger partial charge on any atom is -0.303 e. The third-order valence-corrected chi connectivity index (χ3v) is 6.24. The second-order valence-electron chi connectivity index (χ2n) is 6.55. The van der Waals surface area contributed by atoms with E-state index in [4.69, 9.17) is 4.98 Å². The number of nitrogens with zero attached hydrogens (tertiary/aromatic N) is 1. The third-order valence-electron chi connectivity index (χ3n) is 4.87.